The van der Waals surface area contributed by atoms with E-state index in [1.807, 2.05) is 13.8 Å². The van der Waals surface area contributed by atoms with E-state index in [0.29, 0.717) is 51.3 Å². The highest BCUT2D eigenvalue weighted by Crippen LogP contribution is 2.29. The van der Waals surface area contributed by atoms with E-state index in [0.717, 1.165) is 0 Å². The highest BCUT2D eigenvalue weighted by Gasteiger charge is 2.21. The molecule has 12 heteroatoms. The number of nitro groups is 1. The molecule has 0 bridgehead atoms. The SMILES string of the molecule is Cc1cc([N+](=O)[O-])ccc1-c1ccc(/C=N\NC(=O)[C@H](CC(C)C)NC(=O)CCCOc2ccc(Cl)cc2Cl)o1. The molecule has 2 N–H and O–H groups in total. The van der Waals surface area contributed by atoms with Crippen molar-refractivity contribution in [2.45, 2.75) is 46.1 Å². The van der Waals surface area contributed by atoms with E-state index in [1.165, 1.54) is 18.3 Å². The molecule has 0 aliphatic carbocycles. The van der Waals surface area contributed by atoms with Crippen LogP contribution in [0.25, 0.3) is 11.3 Å². The second-order valence-electron chi connectivity index (χ2n) is 9.47. The minimum atomic E-state index is -0.772. The maximum atomic E-state index is 12.8. The number of benzene rings is 2. The Bertz CT molecular complexity index is 1390. The minimum Gasteiger partial charge on any atom is -0.492 e. The maximum absolute atomic E-state index is 12.8. The monoisotopic (exact) mass is 588 g/mol. The average molecular weight is 589 g/mol. The van der Waals surface area contributed by atoms with E-state index in [4.69, 9.17) is 32.4 Å². The summed E-state index contributed by atoms with van der Waals surface area (Å²) in [5.41, 5.74) is 3.84. The number of hydrazone groups is 1. The van der Waals surface area contributed by atoms with Gasteiger partial charge < -0.3 is 14.5 Å². The molecule has 1 atom stereocenters. The van der Waals surface area contributed by atoms with Crippen molar-refractivity contribution in [3.63, 3.8) is 0 Å². The van der Waals surface area contributed by atoms with Crippen molar-refractivity contribution in [2.24, 2.45) is 11.0 Å². The molecule has 10 nitrogen and oxygen atoms in total. The summed E-state index contributed by atoms with van der Waals surface area (Å²) >= 11 is 12.0. The fourth-order valence-electron chi connectivity index (χ4n) is 3.82. The molecule has 3 rings (SSSR count). The first kappa shape index (κ1) is 30.6. The Morgan fingerprint density at radius 2 is 1.93 bits per heavy atom. The molecular weight excluding hydrogens is 559 g/mol. The zero-order chi connectivity index (χ0) is 29.2. The van der Waals surface area contributed by atoms with Crippen LogP contribution in [0.5, 0.6) is 5.75 Å². The van der Waals surface area contributed by atoms with Crippen LogP contribution in [0.4, 0.5) is 5.69 Å². The molecular formula is C28H30Cl2N4O6. The predicted octanol–water partition coefficient (Wildman–Crippen LogP) is 6.31. The van der Waals surface area contributed by atoms with Gasteiger partial charge in [-0.05, 0) is 67.6 Å². The number of nitro benzene ring substituents is 1. The van der Waals surface area contributed by atoms with Crippen LogP contribution in [0.15, 0.2) is 58.0 Å². The first-order valence-electron chi connectivity index (χ1n) is 12.6. The average Bonchev–Trinajstić information content (AvgIpc) is 3.35. The molecule has 40 heavy (non-hydrogen) atoms. The van der Waals surface area contributed by atoms with Crippen LogP contribution in [0.2, 0.25) is 10.0 Å². The third-order valence-corrected chi connectivity index (χ3v) is 6.27. The van der Waals surface area contributed by atoms with Crippen LogP contribution < -0.4 is 15.5 Å². The lowest BCUT2D eigenvalue weighted by molar-refractivity contribution is -0.384. The molecule has 0 saturated heterocycles. The van der Waals surface area contributed by atoms with Gasteiger partial charge in [-0.3, -0.25) is 19.7 Å². The smallest absolute Gasteiger partial charge is 0.269 e. The normalized spacial score (nSPS) is 11.9. The van der Waals surface area contributed by atoms with E-state index in [2.05, 4.69) is 15.8 Å². The summed E-state index contributed by atoms with van der Waals surface area (Å²) < 4.78 is 11.4. The van der Waals surface area contributed by atoms with Gasteiger partial charge in [0.05, 0.1) is 22.8 Å². The lowest BCUT2D eigenvalue weighted by Gasteiger charge is -2.19. The second kappa shape index (κ2) is 14.5. The molecule has 212 valence electrons. The van der Waals surface area contributed by atoms with Crippen LogP contribution in [0, 0.1) is 23.0 Å². The largest absolute Gasteiger partial charge is 0.492 e. The van der Waals surface area contributed by atoms with Crippen molar-refractivity contribution in [3.05, 3.63) is 80.0 Å². The van der Waals surface area contributed by atoms with Gasteiger partial charge in [0.1, 0.15) is 23.3 Å². The second-order valence-corrected chi connectivity index (χ2v) is 10.3. The van der Waals surface area contributed by atoms with Crippen molar-refractivity contribution in [2.75, 3.05) is 6.61 Å². The van der Waals surface area contributed by atoms with E-state index in [9.17, 15) is 19.7 Å². The summed E-state index contributed by atoms with van der Waals surface area (Å²) in [5.74, 6) is 0.761. The van der Waals surface area contributed by atoms with Gasteiger partial charge in [-0.25, -0.2) is 5.43 Å². The minimum absolute atomic E-state index is 0.00321. The molecule has 0 aliphatic heterocycles. The Morgan fingerprint density at radius 3 is 2.60 bits per heavy atom. The van der Waals surface area contributed by atoms with Crippen LogP contribution in [-0.2, 0) is 9.59 Å². The number of non-ortho nitro benzene ring substituents is 1. The van der Waals surface area contributed by atoms with Crippen LogP contribution in [0.1, 0.15) is 44.4 Å². The van der Waals surface area contributed by atoms with Gasteiger partial charge in [-0.2, -0.15) is 5.10 Å². The Kier molecular flexibility index (Phi) is 11.1. The summed E-state index contributed by atoms with van der Waals surface area (Å²) in [6.07, 6.45) is 2.35. The van der Waals surface area contributed by atoms with Crippen molar-refractivity contribution in [3.8, 4) is 17.1 Å². The summed E-state index contributed by atoms with van der Waals surface area (Å²) in [6.45, 7) is 5.92. The number of hydrogen-bond acceptors (Lipinski definition) is 7. The van der Waals surface area contributed by atoms with Gasteiger partial charge in [0.25, 0.3) is 11.6 Å². The van der Waals surface area contributed by atoms with Gasteiger partial charge in [0, 0.05) is 29.1 Å². The van der Waals surface area contributed by atoms with E-state index < -0.39 is 16.9 Å². The summed E-state index contributed by atoms with van der Waals surface area (Å²) in [5, 5.41) is 18.6. The Hall–Kier alpha value is -3.89. The molecule has 0 unspecified atom stereocenters. The number of amides is 2. The van der Waals surface area contributed by atoms with Crippen LogP contribution in [0.3, 0.4) is 0 Å². The quantitative estimate of drug-likeness (QED) is 0.104. The van der Waals surface area contributed by atoms with Gasteiger partial charge in [0.15, 0.2) is 0 Å². The van der Waals surface area contributed by atoms with Crippen molar-refractivity contribution < 1.29 is 23.7 Å². The van der Waals surface area contributed by atoms with E-state index in [-0.39, 0.29) is 30.5 Å². The van der Waals surface area contributed by atoms with Crippen molar-refractivity contribution in [1.82, 2.24) is 10.7 Å². The molecule has 0 aliphatic rings. The number of ether oxygens (including phenoxy) is 1. The Labute approximate surface area is 241 Å². The lowest BCUT2D eigenvalue weighted by atomic mass is 10.0. The molecule has 0 spiro atoms. The van der Waals surface area contributed by atoms with Crippen LogP contribution >= 0.6 is 23.2 Å². The number of carbonyl (C=O) groups is 2. The third-order valence-electron chi connectivity index (χ3n) is 5.74. The van der Waals surface area contributed by atoms with Gasteiger partial charge >= 0.3 is 0 Å². The number of furan rings is 1. The number of halogens is 2. The summed E-state index contributed by atoms with van der Waals surface area (Å²) in [7, 11) is 0. The highest BCUT2D eigenvalue weighted by molar-refractivity contribution is 6.35. The Balaban J connectivity index is 1.51. The fraction of sp³-hybridized carbons (Fsp3) is 0.321. The molecule has 2 amide bonds. The maximum Gasteiger partial charge on any atom is 0.269 e. The van der Waals surface area contributed by atoms with Crippen molar-refractivity contribution in [1.29, 1.82) is 0 Å². The molecule has 0 saturated carbocycles. The van der Waals surface area contributed by atoms with E-state index >= 15 is 0 Å². The third kappa shape index (κ3) is 9.10. The standard InChI is InChI=1S/C28H30Cl2N4O6/c1-17(2)13-24(32-27(35)5-4-12-39-26-10-6-19(29)15-23(26)30)28(36)33-31-16-21-8-11-25(40-21)22-9-7-20(34(37)38)14-18(22)3/h6-11,14-17,24H,4-5,12-13H2,1-3H3,(H,32,35)(H,33,36)/b31-16-/t24-/m0/s1. The topological polar surface area (TPSA) is 136 Å². The number of hydrogen-bond donors (Lipinski definition) is 2. The van der Waals surface area contributed by atoms with Crippen molar-refractivity contribution >= 4 is 46.9 Å². The molecule has 0 fully saturated rings. The summed E-state index contributed by atoms with van der Waals surface area (Å²) in [6, 6.07) is 12.0. The number of carbonyl (C=O) groups excluding carboxylic acids is 2. The molecule has 3 aromatic rings. The molecule has 1 aromatic heterocycles. The first-order chi connectivity index (χ1) is 19.0. The van der Waals surface area contributed by atoms with Gasteiger partial charge in [0.2, 0.25) is 5.91 Å². The number of rotatable bonds is 13. The lowest BCUT2D eigenvalue weighted by Crippen LogP contribution is -2.46. The zero-order valence-electron chi connectivity index (χ0n) is 22.3. The zero-order valence-corrected chi connectivity index (χ0v) is 23.8. The Morgan fingerprint density at radius 1 is 1.15 bits per heavy atom. The molecule has 1 heterocycles. The molecule has 0 radical (unpaired) electrons. The van der Waals surface area contributed by atoms with Crippen LogP contribution in [-0.4, -0.2) is 35.6 Å². The fourth-order valence-corrected chi connectivity index (χ4v) is 4.28. The summed E-state index contributed by atoms with van der Waals surface area (Å²) in [4.78, 5) is 35.8. The first-order valence-corrected chi connectivity index (χ1v) is 13.3. The van der Waals surface area contributed by atoms with Gasteiger partial charge in [-0.1, -0.05) is 37.0 Å². The predicted molar refractivity (Wildman–Crippen MR) is 154 cm³/mol. The number of nitrogens with one attached hydrogen (secondary N) is 2. The van der Waals surface area contributed by atoms with E-state index in [1.54, 1.807) is 43.3 Å². The number of nitrogens with zero attached hydrogens (tertiary/aromatic N) is 2. The molecule has 2 aromatic carbocycles. The highest BCUT2D eigenvalue weighted by atomic mass is 35.5. The van der Waals surface area contributed by atoms with Gasteiger partial charge in [-0.15, -0.1) is 0 Å². The number of aryl methyl sites for hydroxylation is 1.